The number of alkyl halides is 2. The molecule has 1 rings (SSSR count). The summed E-state index contributed by atoms with van der Waals surface area (Å²) in [6.07, 6.45) is -1.12. The predicted octanol–water partition coefficient (Wildman–Crippen LogP) is 1.27. The van der Waals surface area contributed by atoms with Crippen molar-refractivity contribution in [2.75, 3.05) is 6.61 Å². The van der Waals surface area contributed by atoms with Gasteiger partial charge in [-0.3, -0.25) is 4.79 Å². The Morgan fingerprint density at radius 2 is 2.50 bits per heavy atom. The van der Waals surface area contributed by atoms with E-state index in [1.165, 1.54) is 0 Å². The van der Waals surface area contributed by atoms with Crippen LogP contribution in [0.4, 0.5) is 4.39 Å². The van der Waals surface area contributed by atoms with Gasteiger partial charge in [-0.25, -0.2) is 4.39 Å². The van der Waals surface area contributed by atoms with Crippen LogP contribution in [-0.2, 0) is 9.53 Å². The first-order valence-corrected chi connectivity index (χ1v) is 3.49. The van der Waals surface area contributed by atoms with Gasteiger partial charge in [0.25, 0.3) is 0 Å². The van der Waals surface area contributed by atoms with Crippen LogP contribution in [0.1, 0.15) is 13.3 Å². The highest BCUT2D eigenvalue weighted by molar-refractivity contribution is 6.37. The summed E-state index contributed by atoms with van der Waals surface area (Å²) < 4.78 is 16.8. The van der Waals surface area contributed by atoms with E-state index in [2.05, 4.69) is 4.74 Å². The summed E-state index contributed by atoms with van der Waals surface area (Å²) >= 11 is 5.47. The Kier molecular flexibility index (Phi) is 1.86. The molecule has 0 aromatic rings. The van der Waals surface area contributed by atoms with Crippen molar-refractivity contribution in [2.24, 2.45) is 0 Å². The molecule has 4 heteroatoms. The third-order valence-corrected chi connectivity index (χ3v) is 1.97. The van der Waals surface area contributed by atoms with Crippen molar-refractivity contribution in [1.29, 1.82) is 0 Å². The van der Waals surface area contributed by atoms with E-state index in [0.717, 1.165) is 0 Å². The second kappa shape index (κ2) is 2.38. The smallest absolute Gasteiger partial charge is 0.330 e. The van der Waals surface area contributed by atoms with E-state index in [9.17, 15) is 9.18 Å². The third kappa shape index (κ3) is 1.10. The van der Waals surface area contributed by atoms with Crippen molar-refractivity contribution in [3.8, 4) is 0 Å². The lowest BCUT2D eigenvalue weighted by atomic mass is 10.4. The van der Waals surface area contributed by atoms with E-state index in [-0.39, 0.29) is 13.0 Å². The Bertz CT molecular complexity index is 162. The minimum atomic E-state index is -1.34. The van der Waals surface area contributed by atoms with Crippen LogP contribution in [0.3, 0.4) is 0 Å². The Labute approximate surface area is 63.3 Å². The molecule has 2 atom stereocenters. The second-order valence-electron chi connectivity index (χ2n) is 2.25. The highest BCUT2D eigenvalue weighted by atomic mass is 35.5. The Balaban J connectivity index is 2.43. The summed E-state index contributed by atoms with van der Waals surface area (Å²) in [5.41, 5.74) is 0. The number of ether oxygens (including phenoxy) is 1. The van der Waals surface area contributed by atoms with Gasteiger partial charge in [-0.1, -0.05) is 0 Å². The molecule has 0 spiro atoms. The van der Waals surface area contributed by atoms with Gasteiger partial charge in [0.05, 0.1) is 6.61 Å². The molecule has 1 fully saturated rings. The summed E-state index contributed by atoms with van der Waals surface area (Å²) in [7, 11) is 0. The molecule has 2 nitrogen and oxygen atoms in total. The summed E-state index contributed by atoms with van der Waals surface area (Å²) in [6, 6.07) is 0. The zero-order valence-electron chi connectivity index (χ0n) is 5.56. The maximum Gasteiger partial charge on any atom is 0.330 e. The summed E-state index contributed by atoms with van der Waals surface area (Å²) in [6.45, 7) is 1.91. The minimum absolute atomic E-state index is 0.0907. The van der Waals surface area contributed by atoms with E-state index in [4.69, 9.17) is 11.6 Å². The lowest BCUT2D eigenvalue weighted by Gasteiger charge is -2.03. The molecule has 0 aromatic heterocycles. The predicted molar refractivity (Wildman–Crippen MR) is 34.7 cm³/mol. The van der Waals surface area contributed by atoms with Gasteiger partial charge in [0, 0.05) is 6.42 Å². The first-order chi connectivity index (χ1) is 4.61. The normalized spacial score (nSPS) is 37.3. The molecule has 1 saturated carbocycles. The number of hydrogen-bond acceptors (Lipinski definition) is 2. The molecule has 10 heavy (non-hydrogen) atoms. The van der Waals surface area contributed by atoms with Crippen molar-refractivity contribution in [1.82, 2.24) is 0 Å². The molecule has 0 amide bonds. The number of hydrogen-bond donors (Lipinski definition) is 0. The van der Waals surface area contributed by atoms with Crippen LogP contribution >= 0.6 is 11.6 Å². The molecule has 0 unspecified atom stereocenters. The van der Waals surface area contributed by atoms with E-state index in [1.807, 2.05) is 0 Å². The molecule has 0 radical (unpaired) electrons. The molecule has 0 bridgehead atoms. The van der Waals surface area contributed by atoms with Crippen LogP contribution in [0.15, 0.2) is 0 Å². The number of esters is 1. The standard InChI is InChI=1S/C6H8ClFO2/c1-2-10-5(9)6(7)3-4(6)8/h4H,2-3H2,1H3/t4-,6+/m0/s1. The zero-order chi connectivity index (χ0) is 7.78. The van der Waals surface area contributed by atoms with Crippen molar-refractivity contribution < 1.29 is 13.9 Å². The average Bonchev–Trinajstić information content (AvgIpc) is 2.43. The van der Waals surface area contributed by atoms with E-state index >= 15 is 0 Å². The molecule has 58 valence electrons. The molecule has 0 aromatic carbocycles. The Hall–Kier alpha value is -0.310. The molecule has 1 aliphatic carbocycles. The molecule has 0 heterocycles. The van der Waals surface area contributed by atoms with Crippen LogP contribution in [0.25, 0.3) is 0 Å². The second-order valence-corrected chi connectivity index (χ2v) is 2.93. The van der Waals surface area contributed by atoms with Crippen molar-refractivity contribution in [2.45, 2.75) is 24.4 Å². The largest absolute Gasteiger partial charge is 0.465 e. The fourth-order valence-corrected chi connectivity index (χ4v) is 0.854. The van der Waals surface area contributed by atoms with Crippen molar-refractivity contribution in [3.05, 3.63) is 0 Å². The fourth-order valence-electron chi connectivity index (χ4n) is 0.664. The summed E-state index contributed by atoms with van der Waals surface area (Å²) in [4.78, 5) is 9.41. The van der Waals surface area contributed by atoms with E-state index in [1.54, 1.807) is 6.92 Å². The van der Waals surface area contributed by atoms with E-state index in [0.29, 0.717) is 0 Å². The Morgan fingerprint density at radius 3 is 2.80 bits per heavy atom. The lowest BCUT2D eigenvalue weighted by molar-refractivity contribution is -0.143. The van der Waals surface area contributed by atoms with Gasteiger partial charge in [-0.2, -0.15) is 0 Å². The van der Waals surface area contributed by atoms with Gasteiger partial charge in [-0.05, 0) is 6.92 Å². The van der Waals surface area contributed by atoms with Crippen molar-refractivity contribution >= 4 is 17.6 Å². The number of rotatable bonds is 2. The number of halogens is 2. The zero-order valence-corrected chi connectivity index (χ0v) is 6.32. The van der Waals surface area contributed by atoms with Gasteiger partial charge < -0.3 is 4.74 Å². The summed E-state index contributed by atoms with van der Waals surface area (Å²) in [5, 5.41) is 0. The molecule has 0 aliphatic heterocycles. The van der Waals surface area contributed by atoms with Crippen LogP contribution in [0, 0.1) is 0 Å². The first-order valence-electron chi connectivity index (χ1n) is 3.11. The average molecular weight is 167 g/mol. The van der Waals surface area contributed by atoms with Crippen LogP contribution in [0.2, 0.25) is 0 Å². The number of carbonyl (C=O) groups is 1. The third-order valence-electron chi connectivity index (χ3n) is 1.43. The van der Waals surface area contributed by atoms with Crippen LogP contribution in [0.5, 0.6) is 0 Å². The van der Waals surface area contributed by atoms with Gasteiger partial charge in [-0.15, -0.1) is 11.6 Å². The number of carbonyl (C=O) groups excluding carboxylic acids is 1. The molecular formula is C6H8ClFO2. The first kappa shape index (κ1) is 7.79. The molecule has 0 N–H and O–H groups in total. The molecular weight excluding hydrogens is 159 g/mol. The highest BCUT2D eigenvalue weighted by Crippen LogP contribution is 2.46. The molecule has 0 saturated heterocycles. The monoisotopic (exact) mass is 166 g/mol. The van der Waals surface area contributed by atoms with Gasteiger partial charge >= 0.3 is 5.97 Å². The van der Waals surface area contributed by atoms with Crippen LogP contribution < -0.4 is 0 Å². The van der Waals surface area contributed by atoms with Gasteiger partial charge in [0.2, 0.25) is 0 Å². The quantitative estimate of drug-likeness (QED) is 0.456. The fraction of sp³-hybridized carbons (Fsp3) is 0.833. The van der Waals surface area contributed by atoms with Gasteiger partial charge in [0.15, 0.2) is 4.87 Å². The summed E-state index contributed by atoms with van der Waals surface area (Å²) in [5.74, 6) is -0.635. The minimum Gasteiger partial charge on any atom is -0.465 e. The van der Waals surface area contributed by atoms with Crippen molar-refractivity contribution in [3.63, 3.8) is 0 Å². The SMILES string of the molecule is CCOC(=O)[C@@]1(Cl)C[C@@H]1F. The maximum atomic E-state index is 12.3. The van der Waals surface area contributed by atoms with Gasteiger partial charge in [0.1, 0.15) is 6.17 Å². The van der Waals surface area contributed by atoms with Crippen LogP contribution in [-0.4, -0.2) is 23.6 Å². The molecule has 1 aliphatic rings. The highest BCUT2D eigenvalue weighted by Gasteiger charge is 2.61. The lowest BCUT2D eigenvalue weighted by Crippen LogP contribution is -2.21. The maximum absolute atomic E-state index is 12.3. The van der Waals surface area contributed by atoms with E-state index < -0.39 is 17.0 Å². The Morgan fingerprint density at radius 1 is 2.00 bits per heavy atom. The topological polar surface area (TPSA) is 26.3 Å².